The molecule has 5 aromatic heterocycles. The number of nitrogens with zero attached hydrogens (tertiary/aromatic N) is 6. The molecule has 12 rings (SSSR count). The predicted molar refractivity (Wildman–Crippen MR) is 238 cm³/mol. The van der Waals surface area contributed by atoms with E-state index in [9.17, 15) is 0 Å². The third-order valence-corrected chi connectivity index (χ3v) is 14.3. The molecule has 6 heterocycles. The molecule has 0 saturated heterocycles. The summed E-state index contributed by atoms with van der Waals surface area (Å²) in [5.74, 6) is 3.89. The second-order valence-corrected chi connectivity index (χ2v) is 17.3. The molecule has 0 saturated carbocycles. The van der Waals surface area contributed by atoms with E-state index in [1.807, 2.05) is 126 Å². The van der Waals surface area contributed by atoms with Crippen molar-refractivity contribution in [3.05, 3.63) is 189 Å². The van der Waals surface area contributed by atoms with Crippen LogP contribution >= 0.6 is 7.14 Å². The van der Waals surface area contributed by atoms with Crippen molar-refractivity contribution in [3.8, 4) is 45.9 Å². The summed E-state index contributed by atoms with van der Waals surface area (Å²) in [4.78, 5) is 18.6. The number of fused-ring (bicyclic) bond motifs is 9. The first-order valence-electron chi connectivity index (χ1n) is 19.5. The van der Waals surface area contributed by atoms with Gasteiger partial charge in [0.25, 0.3) is 0 Å². The van der Waals surface area contributed by atoms with Gasteiger partial charge in [-0.25, -0.2) is 15.0 Å². The molecule has 0 fully saturated rings. The molecule has 60 heavy (non-hydrogen) atoms. The van der Waals surface area contributed by atoms with Crippen LogP contribution in [0.5, 0.6) is 23.0 Å². The maximum atomic E-state index is 15.1. The minimum absolute atomic E-state index is 0.514. The van der Waals surface area contributed by atoms with E-state index >= 15 is 4.57 Å². The molecule has 1 unspecified atom stereocenters. The zero-order chi connectivity index (χ0) is 39.8. The standard InChI is InChI=1S/C50H31N6O3P/c57-60(49-15-6-8-25-52-49)46-13-4-2-11-40(46)41-23-19-35(31-47(41)60)59-34-18-22-39-38-21-17-33(29-44(38)56(45(39)30-34)50-53-26-9-27-54-50)58-32-16-20-37-36-10-1-3-12-42(36)55(43(37)28-32)48-14-5-7-24-51-48/h1-31H. The van der Waals surface area contributed by atoms with Crippen LogP contribution in [0, 0.1) is 0 Å². The van der Waals surface area contributed by atoms with Crippen LogP contribution in [0.15, 0.2) is 189 Å². The van der Waals surface area contributed by atoms with Crippen molar-refractivity contribution < 1.29 is 14.0 Å². The Labute approximate surface area is 343 Å². The highest BCUT2D eigenvalue weighted by atomic mass is 31.2. The van der Waals surface area contributed by atoms with Crippen molar-refractivity contribution in [2.45, 2.75) is 0 Å². The predicted octanol–water partition coefficient (Wildman–Crippen LogP) is 10.7. The van der Waals surface area contributed by atoms with E-state index in [4.69, 9.17) is 9.47 Å². The van der Waals surface area contributed by atoms with Gasteiger partial charge in [0.15, 0.2) is 7.14 Å². The molecule has 284 valence electrons. The van der Waals surface area contributed by atoms with Crippen LogP contribution < -0.4 is 25.5 Å². The molecule has 0 N–H and O–H groups in total. The Bertz CT molecular complexity index is 3530. The summed E-state index contributed by atoms with van der Waals surface area (Å²) in [6, 6.07) is 53.7. The lowest BCUT2D eigenvalue weighted by atomic mass is 10.1. The highest BCUT2D eigenvalue weighted by Crippen LogP contribution is 2.52. The lowest BCUT2D eigenvalue weighted by molar-refractivity contribution is 0.483. The van der Waals surface area contributed by atoms with Gasteiger partial charge in [-0.05, 0) is 102 Å². The minimum atomic E-state index is -3.24. The van der Waals surface area contributed by atoms with Gasteiger partial charge in [0.05, 0.1) is 22.1 Å². The molecule has 1 aliphatic rings. The van der Waals surface area contributed by atoms with Crippen molar-refractivity contribution in [1.82, 2.24) is 29.1 Å². The lowest BCUT2D eigenvalue weighted by Gasteiger charge is -2.15. The molecule has 11 aromatic rings. The van der Waals surface area contributed by atoms with E-state index in [0.29, 0.717) is 34.4 Å². The van der Waals surface area contributed by atoms with Crippen LogP contribution in [0.25, 0.3) is 66.5 Å². The van der Waals surface area contributed by atoms with Gasteiger partial charge in [-0.1, -0.05) is 54.6 Å². The number of para-hydroxylation sites is 1. The Balaban J connectivity index is 0.944. The van der Waals surface area contributed by atoms with Crippen molar-refractivity contribution in [2.24, 2.45) is 0 Å². The average molecular weight is 795 g/mol. The molecule has 0 amide bonds. The molecular weight excluding hydrogens is 764 g/mol. The normalized spacial score (nSPS) is 14.5. The van der Waals surface area contributed by atoms with Gasteiger partial charge in [0.1, 0.15) is 34.3 Å². The number of rotatable bonds is 7. The molecule has 0 spiro atoms. The fourth-order valence-electron chi connectivity index (χ4n) is 8.70. The van der Waals surface area contributed by atoms with Crippen LogP contribution in [0.4, 0.5) is 0 Å². The molecule has 9 nitrogen and oxygen atoms in total. The van der Waals surface area contributed by atoms with E-state index in [1.165, 1.54) is 0 Å². The Morgan fingerprint density at radius 1 is 0.400 bits per heavy atom. The highest BCUT2D eigenvalue weighted by Gasteiger charge is 2.41. The van der Waals surface area contributed by atoms with E-state index in [2.05, 4.69) is 67.0 Å². The van der Waals surface area contributed by atoms with E-state index in [0.717, 1.165) is 71.2 Å². The summed E-state index contributed by atoms with van der Waals surface area (Å²) in [5.41, 5.74) is 6.25. The number of hydrogen-bond donors (Lipinski definition) is 0. The number of hydrogen-bond acceptors (Lipinski definition) is 7. The Kier molecular flexibility index (Phi) is 7.60. The molecule has 6 aromatic carbocycles. The topological polar surface area (TPSA) is 97.0 Å². The van der Waals surface area contributed by atoms with Crippen LogP contribution in [0.2, 0.25) is 0 Å². The quantitative estimate of drug-likeness (QED) is 0.148. The molecule has 1 aliphatic heterocycles. The summed E-state index contributed by atoms with van der Waals surface area (Å²) in [7, 11) is -3.24. The third kappa shape index (κ3) is 5.23. The fraction of sp³-hybridized carbons (Fsp3) is 0. The van der Waals surface area contributed by atoms with E-state index in [1.54, 1.807) is 24.7 Å². The molecular formula is C50H31N6O3P. The van der Waals surface area contributed by atoms with Gasteiger partial charge in [-0.2, -0.15) is 0 Å². The van der Waals surface area contributed by atoms with Gasteiger partial charge >= 0.3 is 0 Å². The highest BCUT2D eigenvalue weighted by molar-refractivity contribution is 7.86. The second kappa shape index (κ2) is 13.3. The van der Waals surface area contributed by atoms with Crippen LogP contribution in [0.1, 0.15) is 0 Å². The monoisotopic (exact) mass is 794 g/mol. The molecule has 0 aliphatic carbocycles. The van der Waals surface area contributed by atoms with Gasteiger partial charge in [-0.3, -0.25) is 14.1 Å². The van der Waals surface area contributed by atoms with Gasteiger partial charge < -0.3 is 14.0 Å². The number of pyridine rings is 2. The van der Waals surface area contributed by atoms with Crippen LogP contribution in [0.3, 0.4) is 0 Å². The average Bonchev–Trinajstić information content (AvgIpc) is 3.90. The van der Waals surface area contributed by atoms with E-state index in [-0.39, 0.29) is 0 Å². The summed E-state index contributed by atoms with van der Waals surface area (Å²) in [6.07, 6.45) is 6.98. The smallest absolute Gasteiger partial charge is 0.234 e. The zero-order valence-electron chi connectivity index (χ0n) is 31.8. The minimum Gasteiger partial charge on any atom is -0.457 e. The zero-order valence-corrected chi connectivity index (χ0v) is 32.6. The molecule has 0 bridgehead atoms. The van der Waals surface area contributed by atoms with Gasteiger partial charge in [0, 0.05) is 75.1 Å². The SMILES string of the molecule is O=P1(c2ccccn2)c2ccccc2-c2ccc(Oc3ccc4c5ccc(Oc6ccc7c8ccccc8n(-c8ccccn8)c7c6)cc5n(-c5ncccn5)c4c3)cc21. The van der Waals surface area contributed by atoms with Crippen molar-refractivity contribution >= 4 is 66.8 Å². The largest absolute Gasteiger partial charge is 0.457 e. The first kappa shape index (κ1) is 34.2. The third-order valence-electron chi connectivity index (χ3n) is 11.3. The Hall–Kier alpha value is -7.87. The number of ether oxygens (including phenoxy) is 2. The lowest BCUT2D eigenvalue weighted by Crippen LogP contribution is -2.23. The van der Waals surface area contributed by atoms with Crippen molar-refractivity contribution in [2.75, 3.05) is 0 Å². The first-order chi connectivity index (χ1) is 29.6. The van der Waals surface area contributed by atoms with Crippen molar-refractivity contribution in [1.29, 1.82) is 0 Å². The van der Waals surface area contributed by atoms with Gasteiger partial charge in [0.2, 0.25) is 5.95 Å². The summed E-state index contributed by atoms with van der Waals surface area (Å²) >= 11 is 0. The van der Waals surface area contributed by atoms with Gasteiger partial charge in [-0.15, -0.1) is 0 Å². The maximum Gasteiger partial charge on any atom is 0.234 e. The summed E-state index contributed by atoms with van der Waals surface area (Å²) in [6.45, 7) is 0. The van der Waals surface area contributed by atoms with Crippen LogP contribution in [-0.2, 0) is 4.57 Å². The molecule has 10 heteroatoms. The second-order valence-electron chi connectivity index (χ2n) is 14.7. The Morgan fingerprint density at radius 3 is 1.60 bits per heavy atom. The fourth-order valence-corrected chi connectivity index (χ4v) is 11.7. The van der Waals surface area contributed by atoms with Crippen molar-refractivity contribution in [3.63, 3.8) is 0 Å². The number of aromatic nitrogens is 6. The maximum absolute atomic E-state index is 15.1. The Morgan fingerprint density at radius 2 is 0.933 bits per heavy atom. The summed E-state index contributed by atoms with van der Waals surface area (Å²) < 4.78 is 32.5. The van der Waals surface area contributed by atoms with Crippen LogP contribution in [-0.4, -0.2) is 29.1 Å². The summed E-state index contributed by atoms with van der Waals surface area (Å²) in [5, 5.41) is 5.79. The first-order valence-corrected chi connectivity index (χ1v) is 21.2. The molecule has 1 atom stereocenters. The van der Waals surface area contributed by atoms with E-state index < -0.39 is 7.14 Å². The number of benzene rings is 6. The molecule has 0 radical (unpaired) electrons.